The lowest BCUT2D eigenvalue weighted by atomic mass is 10.2. The monoisotopic (exact) mass is 332 g/mol. The number of rotatable bonds is 2. The number of amides is 2. The fourth-order valence-electron chi connectivity index (χ4n) is 2.51. The highest BCUT2D eigenvalue weighted by atomic mass is 35.5. The molecule has 4 nitrogen and oxygen atoms in total. The van der Waals surface area contributed by atoms with E-state index in [0.29, 0.717) is 9.93 Å². The summed E-state index contributed by atoms with van der Waals surface area (Å²) in [7, 11) is 0. The zero-order valence-corrected chi connectivity index (χ0v) is 13.6. The van der Waals surface area contributed by atoms with E-state index in [0.717, 1.165) is 34.4 Å². The summed E-state index contributed by atoms with van der Waals surface area (Å²) in [5, 5.41) is 2.59. The van der Waals surface area contributed by atoms with Crippen LogP contribution in [0.25, 0.3) is 11.8 Å². The van der Waals surface area contributed by atoms with Crippen molar-refractivity contribution < 1.29 is 9.59 Å². The van der Waals surface area contributed by atoms with Crippen LogP contribution in [-0.4, -0.2) is 15.7 Å². The van der Waals surface area contributed by atoms with Crippen molar-refractivity contribution in [3.8, 4) is 5.69 Å². The van der Waals surface area contributed by atoms with E-state index >= 15 is 0 Å². The van der Waals surface area contributed by atoms with E-state index in [1.54, 1.807) is 6.08 Å². The number of aryl methyl sites for hydroxylation is 1. The molecule has 1 aromatic carbocycles. The van der Waals surface area contributed by atoms with Gasteiger partial charge in [0.05, 0.1) is 4.91 Å². The number of halogens is 1. The number of benzene rings is 1. The van der Waals surface area contributed by atoms with Crippen LogP contribution in [0.1, 0.15) is 17.0 Å². The Morgan fingerprint density at radius 2 is 2.00 bits per heavy atom. The van der Waals surface area contributed by atoms with Crippen LogP contribution >= 0.6 is 23.4 Å². The van der Waals surface area contributed by atoms with Crippen LogP contribution in [0.5, 0.6) is 0 Å². The topological polar surface area (TPSA) is 51.1 Å². The van der Waals surface area contributed by atoms with E-state index in [1.165, 1.54) is 0 Å². The molecule has 1 N–H and O–H groups in total. The first-order valence-electron chi connectivity index (χ1n) is 6.65. The second-order valence-electron chi connectivity index (χ2n) is 4.99. The Labute approximate surface area is 137 Å². The van der Waals surface area contributed by atoms with Gasteiger partial charge < -0.3 is 4.57 Å². The first kappa shape index (κ1) is 14.9. The fourth-order valence-corrected chi connectivity index (χ4v) is 3.37. The summed E-state index contributed by atoms with van der Waals surface area (Å²) in [6, 6.07) is 9.57. The maximum atomic E-state index is 11.7. The molecule has 0 bridgehead atoms. The van der Waals surface area contributed by atoms with Crippen LogP contribution in [-0.2, 0) is 4.79 Å². The molecule has 1 aliphatic rings. The predicted octanol–water partition coefficient (Wildman–Crippen LogP) is 4.07. The smallest absolute Gasteiger partial charge is 0.290 e. The third kappa shape index (κ3) is 2.69. The largest absolute Gasteiger partial charge is 0.318 e. The lowest BCUT2D eigenvalue weighted by Crippen LogP contribution is -2.17. The highest BCUT2D eigenvalue weighted by Gasteiger charge is 2.25. The first-order valence-corrected chi connectivity index (χ1v) is 7.85. The standard InChI is InChI=1S/C16H13ClN2O2S/c1-9-6-11(7-14-15(20)18-16(21)22-14)10(2)19(9)13-5-3-4-12(17)8-13/h3-8H,1-2H3,(H,18,20,21)/b14-7+. The predicted molar refractivity (Wildman–Crippen MR) is 89.4 cm³/mol. The maximum absolute atomic E-state index is 11.7. The van der Waals surface area contributed by atoms with Gasteiger partial charge in [-0.1, -0.05) is 17.7 Å². The molecule has 22 heavy (non-hydrogen) atoms. The Hall–Kier alpha value is -1.98. The normalized spacial score (nSPS) is 16.4. The summed E-state index contributed by atoms with van der Waals surface area (Å²) in [6.07, 6.45) is 1.74. The number of carbonyl (C=O) groups excluding carboxylic acids is 2. The van der Waals surface area contributed by atoms with Crippen molar-refractivity contribution in [1.82, 2.24) is 9.88 Å². The number of nitrogens with one attached hydrogen (secondary N) is 1. The van der Waals surface area contributed by atoms with Gasteiger partial charge in [-0.25, -0.2) is 0 Å². The zero-order chi connectivity index (χ0) is 15.9. The number of carbonyl (C=O) groups is 2. The van der Waals surface area contributed by atoms with E-state index in [1.807, 2.05) is 44.2 Å². The van der Waals surface area contributed by atoms with Crippen molar-refractivity contribution >= 4 is 40.6 Å². The SMILES string of the molecule is Cc1cc(/C=C2/SC(=O)NC2=O)c(C)n1-c1cccc(Cl)c1. The first-order chi connectivity index (χ1) is 10.5. The molecular formula is C16H13ClN2O2S. The molecule has 3 rings (SSSR count). The molecule has 0 aliphatic carbocycles. The average molecular weight is 333 g/mol. The van der Waals surface area contributed by atoms with Gasteiger partial charge in [0, 0.05) is 22.1 Å². The van der Waals surface area contributed by atoms with Gasteiger partial charge in [-0.3, -0.25) is 14.9 Å². The van der Waals surface area contributed by atoms with Crippen LogP contribution in [0, 0.1) is 13.8 Å². The Morgan fingerprint density at radius 1 is 1.23 bits per heavy atom. The van der Waals surface area contributed by atoms with Crippen LogP contribution < -0.4 is 5.32 Å². The zero-order valence-electron chi connectivity index (χ0n) is 12.0. The van der Waals surface area contributed by atoms with Crippen molar-refractivity contribution in [2.24, 2.45) is 0 Å². The number of hydrogen-bond acceptors (Lipinski definition) is 3. The number of nitrogens with zero attached hydrogens (tertiary/aromatic N) is 1. The summed E-state index contributed by atoms with van der Waals surface area (Å²) < 4.78 is 2.07. The molecule has 1 fully saturated rings. The molecule has 1 aromatic heterocycles. The van der Waals surface area contributed by atoms with Gasteiger partial charge in [0.1, 0.15) is 0 Å². The van der Waals surface area contributed by atoms with Crippen LogP contribution in [0.4, 0.5) is 4.79 Å². The molecule has 0 spiro atoms. The number of thioether (sulfide) groups is 1. The average Bonchev–Trinajstić information content (AvgIpc) is 2.90. The molecule has 0 atom stereocenters. The lowest BCUT2D eigenvalue weighted by molar-refractivity contribution is -0.115. The minimum atomic E-state index is -0.345. The molecule has 6 heteroatoms. The lowest BCUT2D eigenvalue weighted by Gasteiger charge is -2.09. The minimum Gasteiger partial charge on any atom is -0.318 e. The summed E-state index contributed by atoms with van der Waals surface area (Å²) in [4.78, 5) is 23.3. The number of imide groups is 1. The van der Waals surface area contributed by atoms with Crippen LogP contribution in [0.3, 0.4) is 0 Å². The third-order valence-electron chi connectivity index (χ3n) is 3.47. The van der Waals surface area contributed by atoms with Gasteiger partial charge >= 0.3 is 0 Å². The van der Waals surface area contributed by atoms with Crippen molar-refractivity contribution in [1.29, 1.82) is 0 Å². The molecule has 0 radical (unpaired) electrons. The van der Waals surface area contributed by atoms with Gasteiger partial charge in [0.2, 0.25) is 0 Å². The van der Waals surface area contributed by atoms with E-state index in [2.05, 4.69) is 9.88 Å². The van der Waals surface area contributed by atoms with Gasteiger partial charge in [-0.15, -0.1) is 0 Å². The van der Waals surface area contributed by atoms with E-state index < -0.39 is 0 Å². The van der Waals surface area contributed by atoms with Crippen molar-refractivity contribution in [2.45, 2.75) is 13.8 Å². The molecule has 2 amide bonds. The van der Waals surface area contributed by atoms with Crippen molar-refractivity contribution in [2.75, 3.05) is 0 Å². The third-order valence-corrected chi connectivity index (χ3v) is 4.51. The molecule has 1 aliphatic heterocycles. The molecule has 0 unspecified atom stereocenters. The molecule has 0 saturated carbocycles. The Kier molecular flexibility index (Phi) is 3.85. The second-order valence-corrected chi connectivity index (χ2v) is 6.45. The van der Waals surface area contributed by atoms with Crippen molar-refractivity contribution in [3.05, 3.63) is 57.2 Å². The Bertz CT molecular complexity index is 824. The van der Waals surface area contributed by atoms with Gasteiger partial charge in [0.15, 0.2) is 0 Å². The maximum Gasteiger partial charge on any atom is 0.290 e. The van der Waals surface area contributed by atoms with Crippen LogP contribution in [0.15, 0.2) is 35.2 Å². The summed E-state index contributed by atoms with van der Waals surface area (Å²) in [5.41, 5.74) is 3.89. The Morgan fingerprint density at radius 3 is 2.64 bits per heavy atom. The van der Waals surface area contributed by atoms with E-state index in [-0.39, 0.29) is 11.1 Å². The molecule has 112 valence electrons. The molecule has 1 saturated heterocycles. The summed E-state index contributed by atoms with van der Waals surface area (Å²) in [6.45, 7) is 3.96. The summed E-state index contributed by atoms with van der Waals surface area (Å²) >= 11 is 6.98. The second kappa shape index (κ2) is 5.66. The molecular weight excluding hydrogens is 320 g/mol. The van der Waals surface area contributed by atoms with E-state index in [9.17, 15) is 9.59 Å². The number of aromatic nitrogens is 1. The summed E-state index contributed by atoms with van der Waals surface area (Å²) in [5.74, 6) is -0.345. The van der Waals surface area contributed by atoms with Crippen LogP contribution in [0.2, 0.25) is 5.02 Å². The fraction of sp³-hybridized carbons (Fsp3) is 0.125. The van der Waals surface area contributed by atoms with Gasteiger partial charge in [-0.05, 0) is 61.5 Å². The van der Waals surface area contributed by atoms with Crippen molar-refractivity contribution in [3.63, 3.8) is 0 Å². The quantitative estimate of drug-likeness (QED) is 0.843. The number of hydrogen-bond donors (Lipinski definition) is 1. The van der Waals surface area contributed by atoms with Gasteiger partial charge in [0.25, 0.3) is 11.1 Å². The minimum absolute atomic E-state index is 0.333. The van der Waals surface area contributed by atoms with E-state index in [4.69, 9.17) is 11.6 Å². The Balaban J connectivity index is 2.06. The highest BCUT2D eigenvalue weighted by molar-refractivity contribution is 8.18. The van der Waals surface area contributed by atoms with Gasteiger partial charge in [-0.2, -0.15) is 0 Å². The highest BCUT2D eigenvalue weighted by Crippen LogP contribution is 2.29. The molecule has 2 aromatic rings. The molecule has 2 heterocycles.